The summed E-state index contributed by atoms with van der Waals surface area (Å²) >= 11 is 5.92. The van der Waals surface area contributed by atoms with Gasteiger partial charge in [-0.05, 0) is 31.0 Å². The Morgan fingerprint density at radius 3 is 2.65 bits per heavy atom. The number of hydrogen-bond acceptors (Lipinski definition) is 3. The number of anilines is 1. The van der Waals surface area contributed by atoms with Crippen LogP contribution >= 0.6 is 11.6 Å². The van der Waals surface area contributed by atoms with E-state index in [2.05, 4.69) is 5.32 Å². The fraction of sp³-hybridized carbons (Fsp3) is 0.467. The number of benzene rings is 1. The van der Waals surface area contributed by atoms with Crippen molar-refractivity contribution in [2.75, 3.05) is 5.32 Å². The first-order valence-electron chi connectivity index (χ1n) is 6.94. The predicted molar refractivity (Wildman–Crippen MR) is 79.7 cm³/mol. The maximum Gasteiger partial charge on any atom is 0.252 e. The minimum absolute atomic E-state index is 0.00108. The van der Waals surface area contributed by atoms with Gasteiger partial charge in [0.1, 0.15) is 6.04 Å². The average Bonchev–Trinajstić information content (AvgIpc) is 2.68. The molecule has 1 heterocycles. The highest BCUT2D eigenvalue weighted by Gasteiger charge is 2.41. The summed E-state index contributed by atoms with van der Waals surface area (Å²) in [5.74, 6) is -0.230. The summed E-state index contributed by atoms with van der Waals surface area (Å²) in [6.45, 7) is 3.99. The highest BCUT2D eigenvalue weighted by atomic mass is 35.5. The van der Waals surface area contributed by atoms with Crippen molar-refractivity contribution in [1.29, 1.82) is 0 Å². The van der Waals surface area contributed by atoms with E-state index < -0.39 is 6.04 Å². The number of amides is 2. The third kappa shape index (κ3) is 2.96. The molecule has 20 heavy (non-hydrogen) atoms. The van der Waals surface area contributed by atoms with E-state index in [-0.39, 0.29) is 24.3 Å². The van der Waals surface area contributed by atoms with Crippen LogP contribution in [0.15, 0.2) is 24.3 Å². The van der Waals surface area contributed by atoms with Crippen molar-refractivity contribution < 1.29 is 9.59 Å². The molecule has 1 aromatic rings. The van der Waals surface area contributed by atoms with Crippen molar-refractivity contribution in [3.05, 3.63) is 29.3 Å². The Morgan fingerprint density at radius 2 is 2.05 bits per heavy atom. The van der Waals surface area contributed by atoms with Crippen molar-refractivity contribution >= 4 is 29.1 Å². The topological polar surface area (TPSA) is 49.4 Å². The van der Waals surface area contributed by atoms with Gasteiger partial charge < -0.3 is 5.32 Å². The third-order valence-electron chi connectivity index (χ3n) is 3.66. The number of nitrogens with one attached hydrogen (secondary N) is 1. The molecule has 1 N–H and O–H groups in total. The Kier molecular flexibility index (Phi) is 4.65. The highest BCUT2D eigenvalue weighted by Crippen LogP contribution is 2.24. The zero-order chi connectivity index (χ0) is 14.7. The maximum atomic E-state index is 12.4. The lowest BCUT2D eigenvalue weighted by molar-refractivity contribution is -0.141. The summed E-state index contributed by atoms with van der Waals surface area (Å²) in [6, 6.07) is 6.68. The smallest absolute Gasteiger partial charge is 0.252 e. The fourth-order valence-corrected chi connectivity index (χ4v) is 2.77. The van der Waals surface area contributed by atoms with E-state index in [0.29, 0.717) is 5.02 Å². The second kappa shape index (κ2) is 6.27. The molecule has 1 aliphatic heterocycles. The number of likely N-dealkylation sites (tertiary alicyclic amines) is 1. The lowest BCUT2D eigenvalue weighted by Crippen LogP contribution is -2.41. The molecular formula is C15H19ClN2O2. The molecule has 108 valence electrons. The van der Waals surface area contributed by atoms with Crippen LogP contribution in [0, 0.1) is 0 Å². The quantitative estimate of drug-likeness (QED) is 0.849. The number of rotatable bonds is 5. The molecule has 1 fully saturated rings. The van der Waals surface area contributed by atoms with Gasteiger partial charge in [-0.1, -0.05) is 31.5 Å². The van der Waals surface area contributed by atoms with Gasteiger partial charge in [-0.3, -0.25) is 14.5 Å². The Labute approximate surface area is 124 Å². The Hall–Kier alpha value is -1.55. The molecule has 0 aliphatic carbocycles. The molecule has 0 aromatic heterocycles. The summed E-state index contributed by atoms with van der Waals surface area (Å²) in [5.41, 5.74) is 0.759. The van der Waals surface area contributed by atoms with Gasteiger partial charge in [0.15, 0.2) is 0 Å². The van der Waals surface area contributed by atoms with Crippen LogP contribution < -0.4 is 5.32 Å². The van der Waals surface area contributed by atoms with E-state index in [9.17, 15) is 9.59 Å². The molecule has 1 unspecified atom stereocenters. The van der Waals surface area contributed by atoms with Crippen LogP contribution in [0.5, 0.6) is 0 Å². The normalized spacial score (nSPS) is 19.0. The van der Waals surface area contributed by atoms with Gasteiger partial charge in [0.25, 0.3) is 5.91 Å². The Bertz CT molecular complexity index is 514. The predicted octanol–water partition coefficient (Wildman–Crippen LogP) is 3.07. The standard InChI is InChI=1S/C15H19ClN2O2/c1-3-12(4-2)18-14(19)9-13(15(18)20)17-11-7-5-6-10(16)8-11/h5-8,12-13,17H,3-4,9H2,1-2H3. The molecule has 5 heteroatoms. The zero-order valence-electron chi connectivity index (χ0n) is 11.7. The van der Waals surface area contributed by atoms with Crippen LogP contribution in [-0.2, 0) is 9.59 Å². The molecule has 4 nitrogen and oxygen atoms in total. The van der Waals surface area contributed by atoms with E-state index >= 15 is 0 Å². The number of carbonyl (C=O) groups excluding carboxylic acids is 2. The minimum Gasteiger partial charge on any atom is -0.373 e. The summed E-state index contributed by atoms with van der Waals surface area (Å²) in [4.78, 5) is 25.8. The van der Waals surface area contributed by atoms with Crippen LogP contribution in [0.3, 0.4) is 0 Å². The van der Waals surface area contributed by atoms with Gasteiger partial charge >= 0.3 is 0 Å². The first-order chi connectivity index (χ1) is 9.56. The Balaban J connectivity index is 2.12. The van der Waals surface area contributed by atoms with Gasteiger partial charge in [-0.25, -0.2) is 0 Å². The molecule has 0 saturated carbocycles. The van der Waals surface area contributed by atoms with Crippen LogP contribution in [-0.4, -0.2) is 28.8 Å². The number of carbonyl (C=O) groups is 2. The molecule has 0 bridgehead atoms. The van der Waals surface area contributed by atoms with Crippen molar-refractivity contribution in [3.63, 3.8) is 0 Å². The molecule has 1 aliphatic rings. The Morgan fingerprint density at radius 1 is 1.35 bits per heavy atom. The van der Waals surface area contributed by atoms with Gasteiger partial charge in [-0.2, -0.15) is 0 Å². The fourth-order valence-electron chi connectivity index (χ4n) is 2.58. The lowest BCUT2D eigenvalue weighted by Gasteiger charge is -2.24. The average molecular weight is 295 g/mol. The van der Waals surface area contributed by atoms with Crippen LogP contribution in [0.25, 0.3) is 0 Å². The van der Waals surface area contributed by atoms with Crippen LogP contribution in [0.1, 0.15) is 33.1 Å². The zero-order valence-corrected chi connectivity index (χ0v) is 12.5. The van der Waals surface area contributed by atoms with Crippen LogP contribution in [0.2, 0.25) is 5.02 Å². The minimum atomic E-state index is -0.485. The van der Waals surface area contributed by atoms with Gasteiger partial charge in [0, 0.05) is 16.8 Å². The molecule has 2 amide bonds. The van der Waals surface area contributed by atoms with E-state index in [4.69, 9.17) is 11.6 Å². The lowest BCUT2D eigenvalue weighted by atomic mass is 10.1. The summed E-state index contributed by atoms with van der Waals surface area (Å²) in [7, 11) is 0. The molecule has 2 rings (SSSR count). The number of hydrogen-bond donors (Lipinski definition) is 1. The van der Waals surface area contributed by atoms with E-state index in [0.717, 1.165) is 18.5 Å². The second-order valence-electron chi connectivity index (χ2n) is 4.98. The van der Waals surface area contributed by atoms with Crippen molar-refractivity contribution in [2.24, 2.45) is 0 Å². The summed E-state index contributed by atoms with van der Waals surface area (Å²) in [5, 5.41) is 3.70. The van der Waals surface area contributed by atoms with Gasteiger partial charge in [-0.15, -0.1) is 0 Å². The highest BCUT2D eigenvalue weighted by molar-refractivity contribution is 6.30. The van der Waals surface area contributed by atoms with Gasteiger partial charge in [0.05, 0.1) is 6.42 Å². The van der Waals surface area contributed by atoms with Crippen molar-refractivity contribution in [2.45, 2.75) is 45.2 Å². The monoisotopic (exact) mass is 294 g/mol. The second-order valence-corrected chi connectivity index (χ2v) is 5.42. The molecule has 1 aromatic carbocycles. The van der Waals surface area contributed by atoms with E-state index in [1.165, 1.54) is 4.90 Å². The number of nitrogens with zero attached hydrogens (tertiary/aromatic N) is 1. The maximum absolute atomic E-state index is 12.4. The summed E-state index contributed by atoms with van der Waals surface area (Å²) in [6.07, 6.45) is 1.79. The first kappa shape index (κ1) is 14.9. The van der Waals surface area contributed by atoms with Crippen molar-refractivity contribution in [3.8, 4) is 0 Å². The molecule has 1 saturated heterocycles. The molecule has 0 spiro atoms. The third-order valence-corrected chi connectivity index (χ3v) is 3.89. The van der Waals surface area contributed by atoms with Crippen LogP contribution in [0.4, 0.5) is 5.69 Å². The number of halogens is 1. The molecular weight excluding hydrogens is 276 g/mol. The molecule has 0 radical (unpaired) electrons. The first-order valence-corrected chi connectivity index (χ1v) is 7.32. The van der Waals surface area contributed by atoms with Crippen molar-refractivity contribution in [1.82, 2.24) is 4.90 Å². The number of imide groups is 1. The van der Waals surface area contributed by atoms with Gasteiger partial charge in [0.2, 0.25) is 5.91 Å². The molecule has 1 atom stereocenters. The largest absolute Gasteiger partial charge is 0.373 e. The summed E-state index contributed by atoms with van der Waals surface area (Å²) < 4.78 is 0. The van der Waals surface area contributed by atoms with E-state index in [1.807, 2.05) is 26.0 Å². The van der Waals surface area contributed by atoms with E-state index in [1.54, 1.807) is 12.1 Å². The SMILES string of the molecule is CCC(CC)N1C(=O)CC(Nc2cccc(Cl)c2)C1=O.